The summed E-state index contributed by atoms with van der Waals surface area (Å²) in [5, 5.41) is 10.9. The highest BCUT2D eigenvalue weighted by molar-refractivity contribution is 5.49. The Morgan fingerprint density at radius 3 is 2.51 bits per heavy atom. The zero-order chi connectivity index (χ0) is 27.4. The summed E-state index contributed by atoms with van der Waals surface area (Å²) >= 11 is 0. The third-order valence-corrected chi connectivity index (χ3v) is 7.09. The quantitative estimate of drug-likeness (QED) is 0.250. The molecule has 0 saturated carbocycles. The number of ether oxygens (including phenoxy) is 3. The molecule has 2 aliphatic heterocycles. The molecule has 2 aromatic carbocycles. The van der Waals surface area contributed by atoms with Gasteiger partial charge >= 0.3 is 18.0 Å². The van der Waals surface area contributed by atoms with E-state index in [2.05, 4.69) is 9.88 Å². The minimum Gasteiger partial charge on any atom is -0.494 e. The number of nitro groups is 1. The van der Waals surface area contributed by atoms with E-state index < -0.39 is 16.7 Å². The number of nitrogens with zero attached hydrogens (tertiary/aromatic N) is 4. The van der Waals surface area contributed by atoms with Crippen LogP contribution in [-0.4, -0.2) is 46.9 Å². The molecule has 0 spiro atoms. The maximum absolute atomic E-state index is 12.9. The van der Waals surface area contributed by atoms with Crippen molar-refractivity contribution in [2.45, 2.75) is 44.5 Å². The fourth-order valence-electron chi connectivity index (χ4n) is 4.86. The predicted octanol–water partition coefficient (Wildman–Crippen LogP) is 5.73. The monoisotopic (exact) mass is 546 g/mol. The molecule has 208 valence electrons. The van der Waals surface area contributed by atoms with Gasteiger partial charge in [-0.2, -0.15) is 13.2 Å². The number of benzene rings is 2. The van der Waals surface area contributed by atoms with Crippen LogP contribution in [0.25, 0.3) is 0 Å². The van der Waals surface area contributed by atoms with E-state index >= 15 is 0 Å². The van der Waals surface area contributed by atoms with Crippen LogP contribution < -0.4 is 19.1 Å². The summed E-state index contributed by atoms with van der Waals surface area (Å²) in [6, 6.07) is 13.1. The SMILES string of the molecule is O=[N+]([O-])c1cn2c(n1)O[C@@H](COc1ccc(N3CCC(CCOc4cccc(C(F)(F)F)c4)CC3)cc1)CC2. The van der Waals surface area contributed by atoms with E-state index in [0.717, 1.165) is 50.2 Å². The lowest BCUT2D eigenvalue weighted by Crippen LogP contribution is -2.34. The van der Waals surface area contributed by atoms with E-state index in [0.29, 0.717) is 37.8 Å². The average Bonchev–Trinajstić information content (AvgIpc) is 3.37. The largest absolute Gasteiger partial charge is 0.494 e. The Bertz CT molecular complexity index is 1270. The van der Waals surface area contributed by atoms with E-state index in [4.69, 9.17) is 14.2 Å². The topological polar surface area (TPSA) is 91.9 Å². The summed E-state index contributed by atoms with van der Waals surface area (Å²) in [5.74, 6) is 1.19. The Morgan fingerprint density at radius 1 is 1.03 bits per heavy atom. The molecule has 0 radical (unpaired) electrons. The molecule has 0 unspecified atom stereocenters. The van der Waals surface area contributed by atoms with Crippen molar-refractivity contribution in [3.8, 4) is 17.5 Å². The van der Waals surface area contributed by atoms with Crippen LogP contribution in [0.3, 0.4) is 0 Å². The zero-order valence-corrected chi connectivity index (χ0v) is 21.2. The Labute approximate surface area is 223 Å². The number of alkyl halides is 3. The molecular weight excluding hydrogens is 517 g/mol. The van der Waals surface area contributed by atoms with Crippen LogP contribution in [0.4, 0.5) is 24.7 Å². The molecule has 0 bridgehead atoms. The van der Waals surface area contributed by atoms with Gasteiger partial charge in [-0.3, -0.25) is 4.57 Å². The van der Waals surface area contributed by atoms with Crippen molar-refractivity contribution >= 4 is 11.5 Å². The number of aryl methyl sites for hydroxylation is 1. The molecule has 12 heteroatoms. The zero-order valence-electron chi connectivity index (χ0n) is 21.2. The van der Waals surface area contributed by atoms with Crippen molar-refractivity contribution in [3.05, 3.63) is 70.4 Å². The summed E-state index contributed by atoms with van der Waals surface area (Å²) in [7, 11) is 0. The van der Waals surface area contributed by atoms with E-state index in [1.807, 2.05) is 24.3 Å². The van der Waals surface area contributed by atoms with Gasteiger partial charge in [-0.15, -0.1) is 0 Å². The van der Waals surface area contributed by atoms with Gasteiger partial charge in [0.25, 0.3) is 0 Å². The molecule has 0 aliphatic carbocycles. The number of hydrogen-bond donors (Lipinski definition) is 0. The minimum atomic E-state index is -4.38. The normalized spacial score (nSPS) is 17.8. The Kier molecular flexibility index (Phi) is 7.80. The maximum Gasteiger partial charge on any atom is 0.416 e. The Balaban J connectivity index is 1.03. The molecule has 3 heterocycles. The lowest BCUT2D eigenvalue weighted by molar-refractivity contribution is -0.389. The number of rotatable bonds is 9. The fourth-order valence-corrected chi connectivity index (χ4v) is 4.86. The first-order chi connectivity index (χ1) is 18.7. The van der Waals surface area contributed by atoms with Crippen LogP contribution in [-0.2, 0) is 12.7 Å². The molecule has 3 aromatic rings. The maximum atomic E-state index is 12.9. The molecule has 1 fully saturated rings. The number of fused-ring (bicyclic) bond motifs is 1. The van der Waals surface area contributed by atoms with Crippen molar-refractivity contribution in [1.82, 2.24) is 9.55 Å². The predicted molar refractivity (Wildman–Crippen MR) is 136 cm³/mol. The van der Waals surface area contributed by atoms with Crippen LogP contribution in [0.15, 0.2) is 54.7 Å². The van der Waals surface area contributed by atoms with Crippen LogP contribution in [0.1, 0.15) is 31.2 Å². The number of anilines is 1. The van der Waals surface area contributed by atoms with Gasteiger partial charge in [-0.05, 0) is 72.6 Å². The molecule has 39 heavy (non-hydrogen) atoms. The van der Waals surface area contributed by atoms with Gasteiger partial charge in [0.1, 0.15) is 30.4 Å². The molecule has 1 atom stereocenters. The van der Waals surface area contributed by atoms with Gasteiger partial charge in [0.15, 0.2) is 0 Å². The Hall–Kier alpha value is -3.96. The second kappa shape index (κ2) is 11.4. The molecule has 1 saturated heterocycles. The highest BCUT2D eigenvalue weighted by Crippen LogP contribution is 2.32. The molecule has 0 N–H and O–H groups in total. The van der Waals surface area contributed by atoms with E-state index in [1.165, 1.54) is 12.3 Å². The first-order valence-corrected chi connectivity index (χ1v) is 12.9. The van der Waals surface area contributed by atoms with E-state index in [9.17, 15) is 23.3 Å². The lowest BCUT2D eigenvalue weighted by Gasteiger charge is -2.33. The van der Waals surface area contributed by atoms with Crippen molar-refractivity contribution in [2.24, 2.45) is 5.92 Å². The first-order valence-electron chi connectivity index (χ1n) is 12.9. The summed E-state index contributed by atoms with van der Waals surface area (Å²) in [6.45, 7) is 3.07. The van der Waals surface area contributed by atoms with E-state index in [1.54, 1.807) is 10.6 Å². The highest BCUT2D eigenvalue weighted by Gasteiger charge is 2.31. The molecule has 5 rings (SSSR count). The van der Waals surface area contributed by atoms with Crippen LogP contribution in [0.5, 0.6) is 17.5 Å². The number of imidazole rings is 1. The smallest absolute Gasteiger partial charge is 0.416 e. The van der Waals surface area contributed by atoms with Gasteiger partial charge in [0, 0.05) is 36.7 Å². The second-order valence-corrected chi connectivity index (χ2v) is 9.76. The average molecular weight is 547 g/mol. The fraction of sp³-hybridized carbons (Fsp3) is 0.444. The van der Waals surface area contributed by atoms with Gasteiger partial charge in [0.2, 0.25) is 0 Å². The standard InChI is InChI=1S/C27H29F3N4O5/c28-27(29,30)20-2-1-3-23(16-20)37-15-11-19-8-12-32(13-9-19)21-4-6-22(7-5-21)38-18-24-10-14-33-17-25(34(35)36)31-26(33)39-24/h1-7,16-17,19,24H,8-15,18H2/t24-/m1/s1. The van der Waals surface area contributed by atoms with Crippen LogP contribution >= 0.6 is 0 Å². The van der Waals surface area contributed by atoms with Crippen molar-refractivity contribution in [3.63, 3.8) is 0 Å². The van der Waals surface area contributed by atoms with E-state index in [-0.39, 0.29) is 23.7 Å². The summed E-state index contributed by atoms with van der Waals surface area (Å²) in [5.41, 5.74) is 0.400. The number of halogens is 3. The molecule has 0 amide bonds. The van der Waals surface area contributed by atoms with Gasteiger partial charge < -0.3 is 29.2 Å². The van der Waals surface area contributed by atoms with Crippen molar-refractivity contribution in [1.29, 1.82) is 0 Å². The lowest BCUT2D eigenvalue weighted by atomic mass is 9.93. The number of aromatic nitrogens is 2. The minimum absolute atomic E-state index is 0.227. The van der Waals surface area contributed by atoms with Crippen LogP contribution in [0, 0.1) is 16.0 Å². The number of piperidine rings is 1. The van der Waals surface area contributed by atoms with Crippen molar-refractivity contribution in [2.75, 3.05) is 31.2 Å². The second-order valence-electron chi connectivity index (χ2n) is 9.76. The molecule has 1 aromatic heterocycles. The number of hydrogen-bond acceptors (Lipinski definition) is 7. The Morgan fingerprint density at radius 2 is 1.79 bits per heavy atom. The summed E-state index contributed by atoms with van der Waals surface area (Å²) in [4.78, 5) is 16.6. The van der Waals surface area contributed by atoms with Crippen LogP contribution in [0.2, 0.25) is 0 Å². The van der Waals surface area contributed by atoms with Crippen molar-refractivity contribution < 1.29 is 32.3 Å². The van der Waals surface area contributed by atoms with Gasteiger partial charge in [-0.1, -0.05) is 6.07 Å². The third kappa shape index (κ3) is 6.73. The molecule has 9 nitrogen and oxygen atoms in total. The summed E-state index contributed by atoms with van der Waals surface area (Å²) < 4.78 is 57.5. The third-order valence-electron chi connectivity index (χ3n) is 7.09. The molecular formula is C27H29F3N4O5. The molecule has 2 aliphatic rings. The van der Waals surface area contributed by atoms with Gasteiger partial charge in [-0.25, -0.2) is 0 Å². The van der Waals surface area contributed by atoms with Gasteiger partial charge in [0.05, 0.1) is 12.2 Å². The highest BCUT2D eigenvalue weighted by atomic mass is 19.4. The summed E-state index contributed by atoms with van der Waals surface area (Å²) in [6.07, 6.45) is 0.192. The first kappa shape index (κ1) is 26.6.